The molecule has 1 fully saturated rings. The number of fused-ring (bicyclic) bond motifs is 3. The van der Waals surface area contributed by atoms with Gasteiger partial charge in [-0.3, -0.25) is 9.69 Å². The molecule has 0 unspecified atom stereocenters. The van der Waals surface area contributed by atoms with Crippen LogP contribution in [0, 0.1) is 6.92 Å². The second-order valence-corrected chi connectivity index (χ2v) is 8.18. The molecule has 33 heavy (non-hydrogen) atoms. The number of methoxy groups -OCH3 is 1. The molecule has 0 amide bonds. The van der Waals surface area contributed by atoms with Crippen LogP contribution in [-0.2, 0) is 11.3 Å². The number of nitrogens with one attached hydrogen (secondary N) is 2. The van der Waals surface area contributed by atoms with E-state index in [2.05, 4.69) is 20.0 Å². The highest BCUT2D eigenvalue weighted by Gasteiger charge is 2.15. The maximum absolute atomic E-state index is 13.0. The van der Waals surface area contributed by atoms with Gasteiger partial charge in [0.1, 0.15) is 11.3 Å². The molecular formula is C24H25N5O4. The molecule has 9 nitrogen and oxygen atoms in total. The first-order valence-electron chi connectivity index (χ1n) is 10.8. The van der Waals surface area contributed by atoms with Crippen molar-refractivity contribution in [2.75, 3.05) is 33.4 Å². The zero-order valence-electron chi connectivity index (χ0n) is 18.6. The van der Waals surface area contributed by atoms with E-state index in [-0.39, 0.29) is 0 Å². The van der Waals surface area contributed by atoms with Gasteiger partial charge in [-0.05, 0) is 42.8 Å². The number of rotatable bonds is 5. The Morgan fingerprint density at radius 3 is 2.70 bits per heavy atom. The summed E-state index contributed by atoms with van der Waals surface area (Å²) in [6, 6.07) is 11.4. The molecule has 3 heterocycles. The van der Waals surface area contributed by atoms with Crippen LogP contribution in [0.15, 0.2) is 51.1 Å². The van der Waals surface area contributed by atoms with Crippen molar-refractivity contribution in [3.05, 3.63) is 73.9 Å². The fraction of sp³-hybridized carbons (Fsp3) is 0.292. The van der Waals surface area contributed by atoms with E-state index in [1.807, 2.05) is 43.3 Å². The number of H-pyrrole nitrogens is 2. The number of aromatic nitrogens is 3. The van der Waals surface area contributed by atoms with Crippen molar-refractivity contribution >= 4 is 28.2 Å². The van der Waals surface area contributed by atoms with E-state index < -0.39 is 11.2 Å². The first-order chi connectivity index (χ1) is 16.0. The van der Waals surface area contributed by atoms with Crippen LogP contribution in [0.3, 0.4) is 0 Å². The number of benzene rings is 2. The third-order valence-electron chi connectivity index (χ3n) is 5.91. The SMILES string of the molecule is COc1ccc(/C=N\n2c(=O)[nH]c3c([nH]c4ccc(C)cc43)c2=O)cc1CN1CCOCC1. The second kappa shape index (κ2) is 8.68. The lowest BCUT2D eigenvalue weighted by Gasteiger charge is -2.27. The predicted molar refractivity (Wildman–Crippen MR) is 128 cm³/mol. The van der Waals surface area contributed by atoms with Gasteiger partial charge >= 0.3 is 11.2 Å². The second-order valence-electron chi connectivity index (χ2n) is 8.18. The summed E-state index contributed by atoms with van der Waals surface area (Å²) in [7, 11) is 1.64. The van der Waals surface area contributed by atoms with Crippen molar-refractivity contribution in [1.29, 1.82) is 0 Å². The molecule has 2 aromatic heterocycles. The molecule has 0 radical (unpaired) electrons. The van der Waals surface area contributed by atoms with Crippen LogP contribution in [0.2, 0.25) is 0 Å². The molecule has 1 aliphatic rings. The fourth-order valence-corrected chi connectivity index (χ4v) is 4.19. The Morgan fingerprint density at radius 2 is 1.91 bits per heavy atom. The fourth-order valence-electron chi connectivity index (χ4n) is 4.19. The lowest BCUT2D eigenvalue weighted by molar-refractivity contribution is 0.0339. The Bertz CT molecular complexity index is 1470. The lowest BCUT2D eigenvalue weighted by Crippen LogP contribution is -2.35. The number of nitrogens with zero attached hydrogens (tertiary/aromatic N) is 3. The summed E-state index contributed by atoms with van der Waals surface area (Å²) < 4.78 is 11.8. The van der Waals surface area contributed by atoms with Gasteiger partial charge in [0, 0.05) is 36.1 Å². The Kier molecular flexibility index (Phi) is 5.57. The van der Waals surface area contributed by atoms with Gasteiger partial charge in [0.15, 0.2) is 0 Å². The van der Waals surface area contributed by atoms with Crippen LogP contribution >= 0.6 is 0 Å². The molecule has 1 saturated heterocycles. The van der Waals surface area contributed by atoms with E-state index in [4.69, 9.17) is 9.47 Å². The van der Waals surface area contributed by atoms with Gasteiger partial charge < -0.3 is 19.4 Å². The average molecular weight is 447 g/mol. The third kappa shape index (κ3) is 4.08. The summed E-state index contributed by atoms with van der Waals surface area (Å²) in [5.41, 5.74) is 3.31. The molecule has 5 rings (SSSR count). The number of hydrogen-bond acceptors (Lipinski definition) is 6. The monoisotopic (exact) mass is 447 g/mol. The highest BCUT2D eigenvalue weighted by Crippen LogP contribution is 2.23. The van der Waals surface area contributed by atoms with E-state index in [1.165, 1.54) is 6.21 Å². The van der Waals surface area contributed by atoms with Gasteiger partial charge in [0.05, 0.1) is 32.1 Å². The average Bonchev–Trinajstić information content (AvgIpc) is 3.17. The number of ether oxygens (including phenoxy) is 2. The quantitative estimate of drug-likeness (QED) is 0.457. The number of hydrogen-bond donors (Lipinski definition) is 2. The van der Waals surface area contributed by atoms with E-state index >= 15 is 0 Å². The Hall–Kier alpha value is -3.69. The summed E-state index contributed by atoms with van der Waals surface area (Å²) in [6.45, 7) is 5.82. The highest BCUT2D eigenvalue weighted by atomic mass is 16.5. The molecule has 1 aliphatic heterocycles. The largest absolute Gasteiger partial charge is 0.496 e. The van der Waals surface area contributed by atoms with Crippen molar-refractivity contribution < 1.29 is 9.47 Å². The standard InChI is InChI=1S/C24H25N5O4/c1-15-3-5-19-18(11-15)21-22(26-19)23(30)29(24(31)27-21)25-13-16-4-6-20(32-2)17(12-16)14-28-7-9-33-10-8-28/h3-6,11-13,26H,7-10,14H2,1-2H3,(H,27,31)/b25-13-. The molecule has 0 spiro atoms. The summed E-state index contributed by atoms with van der Waals surface area (Å²) in [6.07, 6.45) is 1.51. The Balaban J connectivity index is 1.50. The maximum atomic E-state index is 13.0. The number of aromatic amines is 2. The maximum Gasteiger partial charge on any atom is 0.350 e. The highest BCUT2D eigenvalue weighted by molar-refractivity contribution is 6.04. The Morgan fingerprint density at radius 1 is 1.09 bits per heavy atom. The van der Waals surface area contributed by atoms with E-state index in [0.717, 1.165) is 57.7 Å². The first-order valence-corrected chi connectivity index (χ1v) is 10.8. The molecule has 0 atom stereocenters. The van der Waals surface area contributed by atoms with Crippen molar-refractivity contribution in [2.45, 2.75) is 13.5 Å². The molecular weight excluding hydrogens is 422 g/mol. The molecule has 0 bridgehead atoms. The van der Waals surface area contributed by atoms with Crippen LogP contribution in [0.25, 0.3) is 21.9 Å². The molecule has 9 heteroatoms. The van der Waals surface area contributed by atoms with Crippen LogP contribution in [0.5, 0.6) is 5.75 Å². The number of morpholine rings is 1. The summed E-state index contributed by atoms with van der Waals surface area (Å²) in [5, 5.41) is 5.00. The molecule has 0 saturated carbocycles. The molecule has 2 N–H and O–H groups in total. The number of aryl methyl sites for hydroxylation is 1. The van der Waals surface area contributed by atoms with Gasteiger partial charge in [-0.25, -0.2) is 4.79 Å². The topological polar surface area (TPSA) is 105 Å². The zero-order valence-corrected chi connectivity index (χ0v) is 18.6. The summed E-state index contributed by atoms with van der Waals surface area (Å²) in [5.74, 6) is 0.781. The van der Waals surface area contributed by atoms with Crippen molar-refractivity contribution in [1.82, 2.24) is 19.5 Å². The van der Waals surface area contributed by atoms with Crippen molar-refractivity contribution in [3.63, 3.8) is 0 Å². The van der Waals surface area contributed by atoms with Crippen molar-refractivity contribution in [2.24, 2.45) is 5.10 Å². The zero-order chi connectivity index (χ0) is 22.9. The third-order valence-corrected chi connectivity index (χ3v) is 5.91. The Labute approximate surface area is 189 Å². The van der Waals surface area contributed by atoms with Gasteiger partial charge in [0.2, 0.25) is 0 Å². The van der Waals surface area contributed by atoms with Gasteiger partial charge in [0.25, 0.3) is 0 Å². The molecule has 4 aromatic rings. The minimum Gasteiger partial charge on any atom is -0.496 e. The predicted octanol–water partition coefficient (Wildman–Crippen LogP) is 2.20. The minimum absolute atomic E-state index is 0.315. The van der Waals surface area contributed by atoms with Crippen LogP contribution in [-0.4, -0.2) is 59.2 Å². The van der Waals surface area contributed by atoms with Gasteiger partial charge in [-0.15, -0.1) is 4.68 Å². The molecule has 0 aliphatic carbocycles. The summed E-state index contributed by atoms with van der Waals surface area (Å²) in [4.78, 5) is 33.9. The van der Waals surface area contributed by atoms with Crippen LogP contribution < -0.4 is 16.0 Å². The summed E-state index contributed by atoms with van der Waals surface area (Å²) >= 11 is 0. The van der Waals surface area contributed by atoms with Crippen molar-refractivity contribution in [3.8, 4) is 5.75 Å². The van der Waals surface area contributed by atoms with E-state index in [9.17, 15) is 9.59 Å². The van der Waals surface area contributed by atoms with Gasteiger partial charge in [-0.2, -0.15) is 5.10 Å². The van der Waals surface area contributed by atoms with Crippen LogP contribution in [0.1, 0.15) is 16.7 Å². The smallest absolute Gasteiger partial charge is 0.350 e. The molecule has 170 valence electrons. The molecule has 2 aromatic carbocycles. The first kappa shape index (κ1) is 21.2. The lowest BCUT2D eigenvalue weighted by atomic mass is 10.1. The minimum atomic E-state index is -0.590. The van der Waals surface area contributed by atoms with E-state index in [1.54, 1.807) is 7.11 Å². The van der Waals surface area contributed by atoms with E-state index in [0.29, 0.717) is 24.2 Å². The van der Waals surface area contributed by atoms with Crippen LogP contribution in [0.4, 0.5) is 0 Å². The van der Waals surface area contributed by atoms with Gasteiger partial charge in [-0.1, -0.05) is 11.6 Å². The normalized spacial score (nSPS) is 15.1.